The summed E-state index contributed by atoms with van der Waals surface area (Å²) in [5.41, 5.74) is 2.33. The third-order valence-corrected chi connectivity index (χ3v) is 4.00. The lowest BCUT2D eigenvalue weighted by molar-refractivity contribution is 0.282. The van der Waals surface area contributed by atoms with Crippen LogP contribution in [0.25, 0.3) is 0 Å². The van der Waals surface area contributed by atoms with Gasteiger partial charge in [-0.05, 0) is 51.3 Å². The van der Waals surface area contributed by atoms with E-state index in [4.69, 9.17) is 14.7 Å². The van der Waals surface area contributed by atoms with Gasteiger partial charge in [-0.2, -0.15) is 5.26 Å². The van der Waals surface area contributed by atoms with E-state index < -0.39 is 0 Å². The predicted molar refractivity (Wildman–Crippen MR) is 86.6 cm³/mol. The number of hydrogen-bond donors (Lipinski definition) is 0. The number of nitriles is 1. The zero-order valence-electron chi connectivity index (χ0n) is 11.3. The first kappa shape index (κ1) is 15.8. The van der Waals surface area contributed by atoms with Crippen LogP contribution in [0, 0.1) is 11.3 Å². The summed E-state index contributed by atoms with van der Waals surface area (Å²) in [5.74, 6) is 1.30. The number of alkyl halides is 1. The highest BCUT2D eigenvalue weighted by Gasteiger charge is 2.11. The van der Waals surface area contributed by atoms with Crippen LogP contribution in [0.1, 0.15) is 16.8 Å². The Morgan fingerprint density at radius 1 is 1.29 bits per heavy atom. The van der Waals surface area contributed by atoms with Gasteiger partial charge >= 0.3 is 0 Å². The van der Waals surface area contributed by atoms with E-state index in [2.05, 4.69) is 36.8 Å². The summed E-state index contributed by atoms with van der Waals surface area (Å²) in [4.78, 5) is 3.93. The van der Waals surface area contributed by atoms with Crippen molar-refractivity contribution in [3.63, 3.8) is 0 Å². The molecule has 2 rings (SSSR count). The monoisotopic (exact) mass is 410 g/mol. The smallest absolute Gasteiger partial charge is 0.175 e. The second kappa shape index (κ2) is 7.43. The first-order valence-electron chi connectivity index (χ1n) is 6.08. The number of rotatable bonds is 5. The molecular weight excluding hydrogens is 400 g/mol. The minimum atomic E-state index is 0.333. The van der Waals surface area contributed by atoms with E-state index in [1.54, 1.807) is 19.4 Å². The van der Waals surface area contributed by atoms with Gasteiger partial charge in [0.15, 0.2) is 11.5 Å². The number of aromatic nitrogens is 1. The number of halogens is 2. The highest BCUT2D eigenvalue weighted by Crippen LogP contribution is 2.37. The molecule has 0 atom stereocenters. The largest absolute Gasteiger partial charge is 0.493 e. The van der Waals surface area contributed by atoms with Gasteiger partial charge in [0.05, 0.1) is 11.6 Å². The van der Waals surface area contributed by atoms with Gasteiger partial charge in [-0.15, -0.1) is 0 Å². The molecule has 0 unspecified atom stereocenters. The minimum absolute atomic E-state index is 0.333. The van der Waals surface area contributed by atoms with Crippen molar-refractivity contribution in [3.8, 4) is 17.6 Å². The van der Waals surface area contributed by atoms with Crippen molar-refractivity contribution in [1.29, 1.82) is 5.26 Å². The molecule has 0 radical (unpaired) electrons. The molecule has 0 aliphatic rings. The minimum Gasteiger partial charge on any atom is -0.493 e. The average molecular weight is 412 g/mol. The molecule has 2 aromatic rings. The molecule has 1 aromatic carbocycles. The number of benzene rings is 1. The van der Waals surface area contributed by atoms with Crippen LogP contribution in [0.3, 0.4) is 0 Å². The van der Waals surface area contributed by atoms with Gasteiger partial charge in [-0.25, -0.2) is 4.98 Å². The molecule has 1 heterocycles. The molecule has 0 amide bonds. The lowest BCUT2D eigenvalue weighted by Crippen LogP contribution is -2.00. The molecule has 0 spiro atoms. The van der Waals surface area contributed by atoms with Crippen molar-refractivity contribution in [2.75, 3.05) is 7.11 Å². The molecule has 0 fully saturated rings. The lowest BCUT2D eigenvalue weighted by atomic mass is 10.2. The van der Waals surface area contributed by atoms with Gasteiger partial charge in [0.25, 0.3) is 0 Å². The topological polar surface area (TPSA) is 55.1 Å². The van der Waals surface area contributed by atoms with Crippen molar-refractivity contribution >= 4 is 31.9 Å². The van der Waals surface area contributed by atoms with Crippen molar-refractivity contribution in [2.24, 2.45) is 0 Å². The summed E-state index contributed by atoms with van der Waals surface area (Å²) in [7, 11) is 1.60. The van der Waals surface area contributed by atoms with Crippen LogP contribution in [0.15, 0.2) is 34.9 Å². The van der Waals surface area contributed by atoms with Crippen molar-refractivity contribution in [2.45, 2.75) is 11.9 Å². The second-order valence-electron chi connectivity index (χ2n) is 4.19. The molecule has 0 saturated carbocycles. The highest BCUT2D eigenvalue weighted by molar-refractivity contribution is 9.10. The average Bonchev–Trinajstić information content (AvgIpc) is 2.53. The zero-order valence-corrected chi connectivity index (χ0v) is 14.4. The molecule has 0 aliphatic carbocycles. The Bertz CT molecular complexity index is 684. The van der Waals surface area contributed by atoms with Crippen molar-refractivity contribution < 1.29 is 9.47 Å². The molecule has 0 saturated heterocycles. The van der Waals surface area contributed by atoms with Crippen molar-refractivity contribution in [3.05, 3.63) is 51.8 Å². The first-order chi connectivity index (χ1) is 10.2. The molecule has 21 heavy (non-hydrogen) atoms. The number of pyridine rings is 1. The van der Waals surface area contributed by atoms with Gasteiger partial charge in [0.1, 0.15) is 18.4 Å². The van der Waals surface area contributed by atoms with E-state index in [0.29, 0.717) is 23.8 Å². The van der Waals surface area contributed by atoms with E-state index in [-0.39, 0.29) is 0 Å². The van der Waals surface area contributed by atoms with E-state index in [1.807, 2.05) is 24.3 Å². The Balaban J connectivity index is 2.21. The van der Waals surface area contributed by atoms with Crippen LogP contribution in [0.4, 0.5) is 0 Å². The summed E-state index contributed by atoms with van der Waals surface area (Å²) < 4.78 is 12.0. The molecule has 0 N–H and O–H groups in total. The number of hydrogen-bond acceptors (Lipinski definition) is 4. The molecule has 0 aliphatic heterocycles. The summed E-state index contributed by atoms with van der Waals surface area (Å²) in [5, 5.41) is 9.58. The third-order valence-electron chi connectivity index (χ3n) is 2.77. The van der Waals surface area contributed by atoms with Crippen LogP contribution in [-0.4, -0.2) is 12.1 Å². The maximum absolute atomic E-state index is 8.85. The normalized spacial score (nSPS) is 10.0. The number of methoxy groups -OCH3 is 1. The number of ether oxygens (including phenoxy) is 2. The Kier molecular flexibility index (Phi) is 5.59. The molecule has 1 aromatic heterocycles. The van der Waals surface area contributed by atoms with Gasteiger partial charge in [0.2, 0.25) is 0 Å². The van der Waals surface area contributed by atoms with E-state index in [9.17, 15) is 0 Å². The summed E-state index contributed by atoms with van der Waals surface area (Å²) >= 11 is 6.91. The molecular formula is C15H12Br2N2O2. The fourth-order valence-electron chi connectivity index (χ4n) is 1.77. The maximum atomic E-state index is 8.85. The predicted octanol–water partition coefficient (Wildman–Crippen LogP) is 4.20. The van der Waals surface area contributed by atoms with Crippen LogP contribution in [-0.2, 0) is 11.9 Å². The van der Waals surface area contributed by atoms with E-state index in [0.717, 1.165) is 20.9 Å². The van der Waals surface area contributed by atoms with E-state index >= 15 is 0 Å². The van der Waals surface area contributed by atoms with Crippen LogP contribution in [0.5, 0.6) is 11.5 Å². The summed E-state index contributed by atoms with van der Waals surface area (Å²) in [6.07, 6.45) is 1.59. The third kappa shape index (κ3) is 3.96. The van der Waals surface area contributed by atoms with Crippen molar-refractivity contribution in [1.82, 2.24) is 4.98 Å². The molecule has 108 valence electrons. The first-order valence-corrected chi connectivity index (χ1v) is 7.99. The van der Waals surface area contributed by atoms with E-state index in [1.165, 1.54) is 0 Å². The highest BCUT2D eigenvalue weighted by atomic mass is 79.9. The summed E-state index contributed by atoms with van der Waals surface area (Å²) in [6.45, 7) is 0.333. The zero-order chi connectivity index (χ0) is 15.2. The summed E-state index contributed by atoms with van der Waals surface area (Å²) in [6, 6.07) is 9.41. The van der Waals surface area contributed by atoms with Gasteiger partial charge in [0, 0.05) is 11.5 Å². The van der Waals surface area contributed by atoms with Crippen LogP contribution >= 0.6 is 31.9 Å². The van der Waals surface area contributed by atoms with Gasteiger partial charge in [-0.1, -0.05) is 15.9 Å². The van der Waals surface area contributed by atoms with Crippen LogP contribution in [0.2, 0.25) is 0 Å². The van der Waals surface area contributed by atoms with Gasteiger partial charge < -0.3 is 9.47 Å². The Hall–Kier alpha value is -1.58. The number of nitrogens with zero attached hydrogens (tertiary/aromatic N) is 2. The van der Waals surface area contributed by atoms with Gasteiger partial charge in [-0.3, -0.25) is 0 Å². The Labute approximate surface area is 140 Å². The van der Waals surface area contributed by atoms with Crippen LogP contribution < -0.4 is 9.47 Å². The molecule has 6 heteroatoms. The molecule has 0 bridgehead atoms. The quantitative estimate of drug-likeness (QED) is 0.692. The fourth-order valence-corrected chi connectivity index (χ4v) is 2.70. The lowest BCUT2D eigenvalue weighted by Gasteiger charge is -2.14. The standard InChI is InChI=1S/C15H12Br2N2O2/c1-20-14-6-11(7-16)5-13(17)15(14)21-9-10-2-3-19-12(4-10)8-18/h2-6H,7,9H2,1H3. The molecule has 4 nitrogen and oxygen atoms in total. The Morgan fingerprint density at radius 2 is 2.10 bits per heavy atom. The Morgan fingerprint density at radius 3 is 2.76 bits per heavy atom. The SMILES string of the molecule is COc1cc(CBr)cc(Br)c1OCc1ccnc(C#N)c1. The second-order valence-corrected chi connectivity index (χ2v) is 5.61. The maximum Gasteiger partial charge on any atom is 0.175 e. The fraction of sp³-hybridized carbons (Fsp3) is 0.200.